The molecule has 0 spiro atoms. The Hall–Kier alpha value is -2.36. The molecule has 126 valence electrons. The molecule has 2 rings (SSSR count). The van der Waals surface area contributed by atoms with Crippen LogP contribution in [-0.4, -0.2) is 23.8 Å². The highest BCUT2D eigenvalue weighted by atomic mass is 32.1. The van der Waals surface area contributed by atoms with Crippen molar-refractivity contribution in [3.63, 3.8) is 0 Å². The minimum Gasteiger partial charge on any atom is -0.396 e. The zero-order valence-corrected chi connectivity index (χ0v) is 14.4. The lowest BCUT2D eigenvalue weighted by atomic mass is 10.1. The van der Waals surface area contributed by atoms with Crippen molar-refractivity contribution in [3.05, 3.63) is 46.8 Å². The molecule has 0 unspecified atom stereocenters. The van der Waals surface area contributed by atoms with Crippen LogP contribution in [0.4, 0.5) is 4.79 Å². The maximum atomic E-state index is 11.9. The van der Waals surface area contributed by atoms with Crippen molar-refractivity contribution in [2.24, 2.45) is 0 Å². The number of amides is 2. The molecule has 0 aliphatic heterocycles. The third-order valence-corrected chi connectivity index (χ3v) is 4.59. The number of carbonyl (C=O) groups excluding carboxylic acids is 1. The number of aliphatic hydroxyl groups excluding tert-OH is 1. The largest absolute Gasteiger partial charge is 0.396 e. The molecule has 6 heteroatoms. The molecule has 0 saturated heterocycles. The van der Waals surface area contributed by atoms with E-state index in [0.29, 0.717) is 17.8 Å². The molecule has 24 heavy (non-hydrogen) atoms. The molecular weight excluding hydrogens is 322 g/mol. The van der Waals surface area contributed by atoms with E-state index in [2.05, 4.69) is 16.7 Å². The van der Waals surface area contributed by atoms with Crippen LogP contribution in [0, 0.1) is 11.3 Å². The van der Waals surface area contributed by atoms with E-state index >= 15 is 0 Å². The number of nitriles is 1. The minimum atomic E-state index is -0.214. The summed E-state index contributed by atoms with van der Waals surface area (Å²) < 4.78 is 0. The lowest BCUT2D eigenvalue weighted by molar-refractivity contribution is 0.234. The highest BCUT2D eigenvalue weighted by Gasteiger charge is 2.07. The van der Waals surface area contributed by atoms with Crippen molar-refractivity contribution in [2.75, 3.05) is 6.61 Å². The minimum absolute atomic E-state index is 0.0269. The molecule has 1 aromatic heterocycles. The van der Waals surface area contributed by atoms with Crippen LogP contribution >= 0.6 is 11.3 Å². The first-order chi connectivity index (χ1) is 11.6. The average molecular weight is 343 g/mol. The summed E-state index contributed by atoms with van der Waals surface area (Å²) >= 11 is 1.45. The van der Waals surface area contributed by atoms with Gasteiger partial charge in [0.1, 0.15) is 10.9 Å². The van der Waals surface area contributed by atoms with Crippen LogP contribution < -0.4 is 10.6 Å². The number of nitrogens with zero attached hydrogens (tertiary/aromatic N) is 1. The molecule has 1 aromatic carbocycles. The van der Waals surface area contributed by atoms with Crippen LogP contribution in [0.15, 0.2) is 36.4 Å². The monoisotopic (exact) mass is 343 g/mol. The molecule has 2 aromatic rings. The van der Waals surface area contributed by atoms with Gasteiger partial charge in [0.2, 0.25) is 0 Å². The topological polar surface area (TPSA) is 85.2 Å². The van der Waals surface area contributed by atoms with Crippen LogP contribution in [-0.2, 0) is 6.54 Å². The van der Waals surface area contributed by atoms with Gasteiger partial charge in [-0.05, 0) is 49.1 Å². The first-order valence-corrected chi connectivity index (χ1v) is 8.68. The number of nitrogens with one attached hydrogen (secondary N) is 2. The van der Waals surface area contributed by atoms with Gasteiger partial charge in [0.05, 0.1) is 0 Å². The molecule has 5 nitrogen and oxygen atoms in total. The van der Waals surface area contributed by atoms with Crippen molar-refractivity contribution < 1.29 is 9.90 Å². The van der Waals surface area contributed by atoms with Crippen molar-refractivity contribution >= 4 is 17.4 Å². The molecular formula is C18H21N3O2S. The first kappa shape index (κ1) is 18.0. The number of urea groups is 1. The van der Waals surface area contributed by atoms with Gasteiger partial charge in [0.25, 0.3) is 0 Å². The third kappa shape index (κ3) is 5.37. The maximum Gasteiger partial charge on any atom is 0.315 e. The smallest absolute Gasteiger partial charge is 0.315 e. The zero-order valence-electron chi connectivity index (χ0n) is 13.6. The van der Waals surface area contributed by atoms with Gasteiger partial charge in [0.15, 0.2) is 0 Å². The van der Waals surface area contributed by atoms with E-state index in [1.54, 1.807) is 0 Å². The Morgan fingerprint density at radius 1 is 1.38 bits per heavy atom. The van der Waals surface area contributed by atoms with E-state index in [0.717, 1.165) is 22.4 Å². The van der Waals surface area contributed by atoms with E-state index in [1.807, 2.05) is 43.3 Å². The molecule has 0 saturated carbocycles. The highest BCUT2D eigenvalue weighted by molar-refractivity contribution is 7.16. The molecule has 2 amide bonds. The highest BCUT2D eigenvalue weighted by Crippen LogP contribution is 2.28. The quantitative estimate of drug-likeness (QED) is 0.721. The molecule has 1 heterocycles. The fourth-order valence-electron chi connectivity index (χ4n) is 2.31. The van der Waals surface area contributed by atoms with Crippen molar-refractivity contribution in [3.8, 4) is 16.5 Å². The van der Waals surface area contributed by atoms with Gasteiger partial charge in [0, 0.05) is 24.1 Å². The van der Waals surface area contributed by atoms with Crippen molar-refractivity contribution in [1.82, 2.24) is 10.6 Å². The van der Waals surface area contributed by atoms with Crippen LogP contribution in [0.5, 0.6) is 0 Å². The Morgan fingerprint density at radius 2 is 2.21 bits per heavy atom. The number of thiophene rings is 1. The zero-order chi connectivity index (χ0) is 17.4. The van der Waals surface area contributed by atoms with Gasteiger partial charge in [-0.15, -0.1) is 11.3 Å². The summed E-state index contributed by atoms with van der Waals surface area (Å²) in [6, 6.07) is 13.6. The summed E-state index contributed by atoms with van der Waals surface area (Å²) in [6.07, 6.45) is 1.42. The second kappa shape index (κ2) is 9.06. The average Bonchev–Trinajstić information content (AvgIpc) is 3.07. The number of rotatable bonds is 7. The molecule has 0 fully saturated rings. The van der Waals surface area contributed by atoms with E-state index in [-0.39, 0.29) is 18.7 Å². The third-order valence-electron chi connectivity index (χ3n) is 3.55. The lowest BCUT2D eigenvalue weighted by Gasteiger charge is -2.14. The van der Waals surface area contributed by atoms with Crippen molar-refractivity contribution in [1.29, 1.82) is 5.26 Å². The van der Waals surface area contributed by atoms with Crippen LogP contribution in [0.2, 0.25) is 0 Å². The second-order valence-corrected chi connectivity index (χ2v) is 6.65. The Morgan fingerprint density at radius 3 is 2.92 bits per heavy atom. The molecule has 0 radical (unpaired) electrons. The number of carbonyl (C=O) groups is 1. The van der Waals surface area contributed by atoms with Gasteiger partial charge in [-0.25, -0.2) is 4.79 Å². The molecule has 1 atom stereocenters. The Balaban J connectivity index is 1.90. The van der Waals surface area contributed by atoms with Crippen LogP contribution in [0.3, 0.4) is 0 Å². The number of hydrogen-bond acceptors (Lipinski definition) is 4. The van der Waals surface area contributed by atoms with Crippen molar-refractivity contribution in [2.45, 2.75) is 32.4 Å². The summed E-state index contributed by atoms with van der Waals surface area (Å²) in [4.78, 5) is 13.6. The summed E-state index contributed by atoms with van der Waals surface area (Å²) in [5.74, 6) is 0. The van der Waals surface area contributed by atoms with Gasteiger partial charge in [-0.1, -0.05) is 18.2 Å². The SMILES string of the molecule is C[C@H](CCCO)NC(=O)NCc1cccc(-c2ccc(C#N)s2)c1. The van der Waals surface area contributed by atoms with E-state index < -0.39 is 0 Å². The maximum absolute atomic E-state index is 11.9. The van der Waals surface area contributed by atoms with E-state index in [4.69, 9.17) is 10.4 Å². The number of hydrogen-bond donors (Lipinski definition) is 3. The first-order valence-electron chi connectivity index (χ1n) is 7.87. The summed E-state index contributed by atoms with van der Waals surface area (Å²) in [7, 11) is 0. The molecule has 0 aliphatic carbocycles. The standard InChI is InChI=1S/C18H21N3O2S/c1-13(4-3-9-22)21-18(23)20-12-14-5-2-6-15(10-14)17-8-7-16(11-19)24-17/h2,5-8,10,13,22H,3-4,9,12H2,1H3,(H2,20,21,23)/t13-/m1/s1. The van der Waals surface area contributed by atoms with Crippen LogP contribution in [0.1, 0.15) is 30.2 Å². The Kier molecular flexibility index (Phi) is 6.79. The number of aliphatic hydroxyl groups is 1. The second-order valence-electron chi connectivity index (χ2n) is 5.57. The van der Waals surface area contributed by atoms with Crippen LogP contribution in [0.25, 0.3) is 10.4 Å². The summed E-state index contributed by atoms with van der Waals surface area (Å²) in [5.41, 5.74) is 2.04. The lowest BCUT2D eigenvalue weighted by Crippen LogP contribution is -2.40. The van der Waals surface area contributed by atoms with E-state index in [1.165, 1.54) is 11.3 Å². The van der Waals surface area contributed by atoms with Gasteiger partial charge in [-0.3, -0.25) is 0 Å². The fourth-order valence-corrected chi connectivity index (χ4v) is 3.11. The Labute approximate surface area is 145 Å². The summed E-state index contributed by atoms with van der Waals surface area (Å²) in [6.45, 7) is 2.49. The molecule has 3 N–H and O–H groups in total. The predicted molar refractivity (Wildman–Crippen MR) is 95.6 cm³/mol. The van der Waals surface area contributed by atoms with Gasteiger partial charge in [-0.2, -0.15) is 5.26 Å². The number of benzene rings is 1. The molecule has 0 bridgehead atoms. The van der Waals surface area contributed by atoms with Gasteiger partial charge >= 0.3 is 6.03 Å². The fraction of sp³-hybridized carbons (Fsp3) is 0.333. The molecule has 0 aliphatic rings. The Bertz CT molecular complexity index is 721. The van der Waals surface area contributed by atoms with Gasteiger partial charge < -0.3 is 15.7 Å². The normalized spacial score (nSPS) is 11.5. The predicted octanol–water partition coefficient (Wildman–Crippen LogP) is 3.25. The van der Waals surface area contributed by atoms with E-state index in [9.17, 15) is 4.79 Å². The summed E-state index contributed by atoms with van der Waals surface area (Å²) in [5, 5.41) is 23.4.